The second-order valence-corrected chi connectivity index (χ2v) is 4.33. The summed E-state index contributed by atoms with van der Waals surface area (Å²) < 4.78 is 1.92. The van der Waals surface area contributed by atoms with Gasteiger partial charge in [-0.25, -0.2) is 4.98 Å². The molecule has 6 heteroatoms. The standard InChI is InChI=1S/C11H19N5O/c12-10(14-17)11-13-4-9-16(11)8-3-7-15-5-1-2-6-15/h4,9,17H,1-3,5-8H2,(H2,12,14). The van der Waals surface area contributed by atoms with Gasteiger partial charge in [0, 0.05) is 18.9 Å². The predicted octanol–water partition coefficient (Wildman–Crippen LogP) is 0.463. The fourth-order valence-corrected chi connectivity index (χ4v) is 2.24. The molecule has 0 aliphatic carbocycles. The maximum absolute atomic E-state index is 8.63. The zero-order valence-electron chi connectivity index (χ0n) is 9.92. The Morgan fingerprint density at radius 3 is 2.88 bits per heavy atom. The highest BCUT2D eigenvalue weighted by Crippen LogP contribution is 2.08. The molecule has 94 valence electrons. The summed E-state index contributed by atoms with van der Waals surface area (Å²) >= 11 is 0. The van der Waals surface area contributed by atoms with Crippen molar-refractivity contribution in [1.82, 2.24) is 14.5 Å². The van der Waals surface area contributed by atoms with Gasteiger partial charge in [0.1, 0.15) is 0 Å². The molecule has 1 aliphatic heterocycles. The summed E-state index contributed by atoms with van der Waals surface area (Å²) in [6, 6.07) is 0. The van der Waals surface area contributed by atoms with E-state index >= 15 is 0 Å². The second kappa shape index (κ2) is 5.67. The fraction of sp³-hybridized carbons (Fsp3) is 0.636. The van der Waals surface area contributed by atoms with E-state index in [1.165, 1.54) is 25.9 Å². The Kier molecular flexibility index (Phi) is 3.98. The molecule has 0 saturated carbocycles. The van der Waals surface area contributed by atoms with Crippen LogP contribution in [0.4, 0.5) is 0 Å². The zero-order chi connectivity index (χ0) is 12.1. The highest BCUT2D eigenvalue weighted by atomic mass is 16.4. The van der Waals surface area contributed by atoms with Gasteiger partial charge in [0.25, 0.3) is 0 Å². The number of nitrogens with two attached hydrogens (primary N) is 1. The summed E-state index contributed by atoms with van der Waals surface area (Å²) in [5.41, 5.74) is 5.54. The Morgan fingerprint density at radius 2 is 2.18 bits per heavy atom. The molecule has 0 unspecified atom stereocenters. The first kappa shape index (κ1) is 11.9. The topological polar surface area (TPSA) is 79.7 Å². The first-order chi connectivity index (χ1) is 8.31. The summed E-state index contributed by atoms with van der Waals surface area (Å²) in [5, 5.41) is 11.6. The maximum Gasteiger partial charge on any atom is 0.206 e. The van der Waals surface area contributed by atoms with Crippen LogP contribution < -0.4 is 5.73 Å². The van der Waals surface area contributed by atoms with Crippen molar-refractivity contribution < 1.29 is 5.21 Å². The average Bonchev–Trinajstić information content (AvgIpc) is 2.99. The molecular weight excluding hydrogens is 218 g/mol. The lowest BCUT2D eigenvalue weighted by molar-refractivity contribution is 0.317. The fourth-order valence-electron chi connectivity index (χ4n) is 2.24. The SMILES string of the molecule is NC(=NO)c1nccn1CCCN1CCCC1. The van der Waals surface area contributed by atoms with Crippen LogP contribution in [0.3, 0.4) is 0 Å². The Labute approximate surface area is 101 Å². The first-order valence-corrected chi connectivity index (χ1v) is 6.02. The molecule has 0 aromatic carbocycles. The van der Waals surface area contributed by atoms with Crippen molar-refractivity contribution in [3.63, 3.8) is 0 Å². The Bertz CT molecular complexity index is 381. The normalized spacial score (nSPS) is 17.8. The van der Waals surface area contributed by atoms with Crippen LogP contribution in [0.1, 0.15) is 25.1 Å². The van der Waals surface area contributed by atoms with Crippen molar-refractivity contribution in [3.05, 3.63) is 18.2 Å². The number of aryl methyl sites for hydroxylation is 1. The van der Waals surface area contributed by atoms with E-state index in [0.29, 0.717) is 5.82 Å². The van der Waals surface area contributed by atoms with Crippen LogP contribution in [0.15, 0.2) is 17.5 Å². The number of rotatable bonds is 5. The second-order valence-electron chi connectivity index (χ2n) is 4.33. The number of oxime groups is 1. The third-order valence-electron chi connectivity index (χ3n) is 3.12. The highest BCUT2D eigenvalue weighted by molar-refractivity contribution is 5.93. The average molecular weight is 237 g/mol. The number of hydrogen-bond acceptors (Lipinski definition) is 4. The Morgan fingerprint density at radius 1 is 1.41 bits per heavy atom. The largest absolute Gasteiger partial charge is 0.409 e. The molecule has 1 aromatic rings. The third-order valence-corrected chi connectivity index (χ3v) is 3.12. The molecule has 1 aromatic heterocycles. The molecule has 6 nitrogen and oxygen atoms in total. The minimum absolute atomic E-state index is 0.0659. The molecule has 0 radical (unpaired) electrons. The molecule has 0 bridgehead atoms. The van der Waals surface area contributed by atoms with Gasteiger partial charge in [0.05, 0.1) is 0 Å². The van der Waals surface area contributed by atoms with Crippen LogP contribution in [-0.2, 0) is 6.54 Å². The zero-order valence-corrected chi connectivity index (χ0v) is 9.92. The maximum atomic E-state index is 8.63. The summed E-state index contributed by atoms with van der Waals surface area (Å²) in [7, 11) is 0. The van der Waals surface area contributed by atoms with Gasteiger partial charge in [-0.3, -0.25) is 0 Å². The quantitative estimate of drug-likeness (QED) is 0.337. The predicted molar refractivity (Wildman–Crippen MR) is 65.0 cm³/mol. The van der Waals surface area contributed by atoms with Crippen LogP contribution in [0, 0.1) is 0 Å². The monoisotopic (exact) mass is 237 g/mol. The van der Waals surface area contributed by atoms with Gasteiger partial charge in [-0.1, -0.05) is 5.16 Å². The first-order valence-electron chi connectivity index (χ1n) is 6.02. The summed E-state index contributed by atoms with van der Waals surface area (Å²) in [6.45, 7) is 4.39. The van der Waals surface area contributed by atoms with Crippen LogP contribution in [0.25, 0.3) is 0 Å². The number of imidazole rings is 1. The molecule has 3 N–H and O–H groups in total. The van der Waals surface area contributed by atoms with Gasteiger partial charge in [-0.15, -0.1) is 0 Å². The summed E-state index contributed by atoms with van der Waals surface area (Å²) in [5.74, 6) is 0.602. The van der Waals surface area contributed by atoms with Crippen LogP contribution in [-0.4, -0.2) is 45.1 Å². The van der Waals surface area contributed by atoms with E-state index in [-0.39, 0.29) is 5.84 Å². The third kappa shape index (κ3) is 2.97. The van der Waals surface area contributed by atoms with Gasteiger partial charge in [-0.2, -0.15) is 0 Å². The Balaban J connectivity index is 1.84. The number of hydrogen-bond donors (Lipinski definition) is 2. The van der Waals surface area contributed by atoms with Gasteiger partial charge in [-0.05, 0) is 38.9 Å². The lowest BCUT2D eigenvalue weighted by Gasteiger charge is -2.14. The van der Waals surface area contributed by atoms with Gasteiger partial charge in [0.15, 0.2) is 5.82 Å². The van der Waals surface area contributed by atoms with E-state index < -0.39 is 0 Å². The molecule has 2 rings (SSSR count). The molecule has 1 aliphatic rings. The van der Waals surface area contributed by atoms with E-state index in [0.717, 1.165) is 19.5 Å². The van der Waals surface area contributed by atoms with Gasteiger partial charge >= 0.3 is 0 Å². The van der Waals surface area contributed by atoms with Crippen LogP contribution in [0.5, 0.6) is 0 Å². The molecule has 0 amide bonds. The molecule has 17 heavy (non-hydrogen) atoms. The lowest BCUT2D eigenvalue weighted by atomic mass is 10.3. The van der Waals surface area contributed by atoms with Gasteiger partial charge in [0.2, 0.25) is 5.84 Å². The summed E-state index contributed by atoms with van der Waals surface area (Å²) in [4.78, 5) is 6.54. The lowest BCUT2D eigenvalue weighted by Crippen LogP contribution is -2.23. The summed E-state index contributed by atoms with van der Waals surface area (Å²) in [6.07, 6.45) is 7.23. The van der Waals surface area contributed by atoms with Crippen LogP contribution >= 0.6 is 0 Å². The molecule has 2 heterocycles. The molecule has 1 saturated heterocycles. The number of nitrogens with zero attached hydrogens (tertiary/aromatic N) is 4. The van der Waals surface area contributed by atoms with Crippen molar-refractivity contribution in [2.45, 2.75) is 25.8 Å². The van der Waals surface area contributed by atoms with Gasteiger partial charge < -0.3 is 20.4 Å². The van der Waals surface area contributed by atoms with E-state index in [1.54, 1.807) is 6.20 Å². The number of amidine groups is 1. The van der Waals surface area contributed by atoms with Crippen LogP contribution in [0.2, 0.25) is 0 Å². The minimum atomic E-state index is 0.0659. The van der Waals surface area contributed by atoms with Crippen molar-refractivity contribution in [3.8, 4) is 0 Å². The van der Waals surface area contributed by atoms with E-state index in [4.69, 9.17) is 10.9 Å². The van der Waals surface area contributed by atoms with E-state index in [9.17, 15) is 0 Å². The molecule has 1 fully saturated rings. The van der Waals surface area contributed by atoms with E-state index in [1.807, 2.05) is 10.8 Å². The Hall–Kier alpha value is -1.56. The molecular formula is C11H19N5O. The molecule has 0 spiro atoms. The highest BCUT2D eigenvalue weighted by Gasteiger charge is 2.11. The van der Waals surface area contributed by atoms with Crippen molar-refractivity contribution >= 4 is 5.84 Å². The molecule has 0 atom stereocenters. The van der Waals surface area contributed by atoms with Crippen molar-refractivity contribution in [1.29, 1.82) is 0 Å². The van der Waals surface area contributed by atoms with Crippen molar-refractivity contribution in [2.75, 3.05) is 19.6 Å². The smallest absolute Gasteiger partial charge is 0.206 e. The number of aromatic nitrogens is 2. The minimum Gasteiger partial charge on any atom is -0.409 e. The van der Waals surface area contributed by atoms with E-state index in [2.05, 4.69) is 15.0 Å². The van der Waals surface area contributed by atoms with Crippen molar-refractivity contribution in [2.24, 2.45) is 10.9 Å². The number of likely N-dealkylation sites (tertiary alicyclic amines) is 1.